The Kier molecular flexibility index (Phi) is 8.78. The number of anilines is 1. The molecule has 0 fully saturated rings. The van der Waals surface area contributed by atoms with Crippen molar-refractivity contribution in [3.05, 3.63) is 74.2 Å². The Morgan fingerprint density at radius 3 is 2.68 bits per heavy atom. The number of nitrogens with zero attached hydrogens (tertiary/aromatic N) is 2. The number of aromatic nitrogens is 3. The Hall–Kier alpha value is -3.00. The maximum atomic E-state index is 10.5. The van der Waals surface area contributed by atoms with Crippen LogP contribution in [0.4, 0.5) is 5.82 Å². The van der Waals surface area contributed by atoms with Crippen molar-refractivity contribution in [2.75, 3.05) is 11.9 Å². The van der Waals surface area contributed by atoms with Gasteiger partial charge < -0.3 is 15.4 Å². The highest BCUT2D eigenvalue weighted by Crippen LogP contribution is 2.21. The first-order valence-electron chi connectivity index (χ1n) is 10.6. The van der Waals surface area contributed by atoms with Gasteiger partial charge in [0, 0.05) is 36.3 Å². The largest absolute Gasteiger partial charge is 0.481 e. The smallest absolute Gasteiger partial charge is 0.303 e. The third-order valence-electron chi connectivity index (χ3n) is 4.88. The summed E-state index contributed by atoms with van der Waals surface area (Å²) in [5, 5.41) is 15.2. The zero-order chi connectivity index (χ0) is 21.9. The molecule has 0 amide bonds. The van der Waals surface area contributed by atoms with Crippen LogP contribution in [-0.4, -0.2) is 32.6 Å². The molecule has 0 unspecified atom stereocenters. The van der Waals surface area contributed by atoms with E-state index in [1.807, 2.05) is 0 Å². The van der Waals surface area contributed by atoms with Gasteiger partial charge in [-0.05, 0) is 62.6 Å². The molecule has 0 aliphatic carbocycles. The average molecular weight is 441 g/mol. The summed E-state index contributed by atoms with van der Waals surface area (Å²) < 4.78 is 0. The van der Waals surface area contributed by atoms with Crippen LogP contribution in [0.15, 0.2) is 46.7 Å². The second-order valence-corrected chi connectivity index (χ2v) is 8.34. The van der Waals surface area contributed by atoms with Gasteiger partial charge in [-0.2, -0.15) is 0 Å². The van der Waals surface area contributed by atoms with Crippen LogP contribution in [-0.2, 0) is 30.5 Å². The number of carboxylic acids is 1. The molecule has 0 radical (unpaired) electrons. The second kappa shape index (κ2) is 12.0. The SMILES string of the molecule is O=C(O)CCCc1csc(CCCc2ccc3c(n2)NCCC3)n1.O=c1cccc[nH]1. The van der Waals surface area contributed by atoms with Gasteiger partial charge in [-0.1, -0.05) is 12.1 Å². The number of nitrogens with one attached hydrogen (secondary N) is 2. The van der Waals surface area contributed by atoms with Crippen molar-refractivity contribution in [2.24, 2.45) is 0 Å². The van der Waals surface area contributed by atoms with Crippen LogP contribution in [0.25, 0.3) is 0 Å². The van der Waals surface area contributed by atoms with E-state index in [-0.39, 0.29) is 12.0 Å². The van der Waals surface area contributed by atoms with Crippen molar-refractivity contribution in [1.29, 1.82) is 0 Å². The number of rotatable bonds is 8. The molecule has 0 bridgehead atoms. The maximum Gasteiger partial charge on any atom is 0.303 e. The lowest BCUT2D eigenvalue weighted by Gasteiger charge is -2.17. The molecule has 3 aromatic rings. The summed E-state index contributed by atoms with van der Waals surface area (Å²) in [4.78, 5) is 32.5. The van der Waals surface area contributed by atoms with Gasteiger partial charge in [-0.25, -0.2) is 9.97 Å². The molecule has 31 heavy (non-hydrogen) atoms. The number of pyridine rings is 2. The third kappa shape index (κ3) is 7.97. The fourth-order valence-electron chi connectivity index (χ4n) is 3.30. The molecule has 0 saturated heterocycles. The van der Waals surface area contributed by atoms with Crippen molar-refractivity contribution in [3.63, 3.8) is 0 Å². The molecule has 0 aromatic carbocycles. The monoisotopic (exact) mass is 440 g/mol. The zero-order valence-corrected chi connectivity index (χ0v) is 18.3. The molecular formula is C23H28N4O3S. The number of fused-ring (bicyclic) bond motifs is 1. The van der Waals surface area contributed by atoms with E-state index in [1.54, 1.807) is 29.7 Å². The lowest BCUT2D eigenvalue weighted by Crippen LogP contribution is -2.14. The van der Waals surface area contributed by atoms with E-state index in [0.717, 1.165) is 60.9 Å². The molecule has 164 valence electrons. The third-order valence-corrected chi connectivity index (χ3v) is 5.84. The van der Waals surface area contributed by atoms with Crippen LogP contribution < -0.4 is 10.9 Å². The topological polar surface area (TPSA) is 108 Å². The fourth-order valence-corrected chi connectivity index (χ4v) is 4.18. The maximum absolute atomic E-state index is 10.5. The number of carboxylic acid groups (broad SMARTS) is 1. The number of aliphatic carboxylic acids is 1. The Morgan fingerprint density at radius 2 is 1.94 bits per heavy atom. The first kappa shape index (κ1) is 22.7. The molecule has 0 atom stereocenters. The Bertz CT molecular complexity index is 1010. The van der Waals surface area contributed by atoms with Crippen molar-refractivity contribution in [1.82, 2.24) is 15.0 Å². The summed E-state index contributed by atoms with van der Waals surface area (Å²) in [5.41, 5.74) is 3.44. The van der Waals surface area contributed by atoms with Crippen molar-refractivity contribution >= 4 is 23.1 Å². The van der Waals surface area contributed by atoms with Crippen molar-refractivity contribution < 1.29 is 9.90 Å². The molecule has 1 aliphatic rings. The van der Waals surface area contributed by atoms with E-state index in [4.69, 9.17) is 10.1 Å². The van der Waals surface area contributed by atoms with Gasteiger partial charge in [0.15, 0.2) is 0 Å². The van der Waals surface area contributed by atoms with Crippen LogP contribution in [0.2, 0.25) is 0 Å². The summed E-state index contributed by atoms with van der Waals surface area (Å²) >= 11 is 1.68. The second-order valence-electron chi connectivity index (χ2n) is 7.40. The van der Waals surface area contributed by atoms with Crippen LogP contribution in [0.1, 0.15) is 47.6 Å². The quantitative estimate of drug-likeness (QED) is 0.491. The first-order chi connectivity index (χ1) is 15.1. The number of hydrogen-bond donors (Lipinski definition) is 3. The molecule has 4 rings (SSSR count). The van der Waals surface area contributed by atoms with Crippen molar-refractivity contribution in [2.45, 2.75) is 51.4 Å². The molecule has 0 saturated carbocycles. The molecule has 3 N–H and O–H groups in total. The fraction of sp³-hybridized carbons (Fsp3) is 0.391. The van der Waals surface area contributed by atoms with Gasteiger partial charge in [0.1, 0.15) is 5.82 Å². The van der Waals surface area contributed by atoms with E-state index in [2.05, 4.69) is 32.8 Å². The minimum atomic E-state index is -0.738. The van der Waals surface area contributed by atoms with Crippen LogP contribution in [0.5, 0.6) is 0 Å². The molecule has 0 spiro atoms. The molecule has 8 heteroatoms. The van der Waals surface area contributed by atoms with E-state index < -0.39 is 5.97 Å². The highest BCUT2D eigenvalue weighted by Gasteiger charge is 2.10. The lowest BCUT2D eigenvalue weighted by atomic mass is 10.1. The number of hydrogen-bond acceptors (Lipinski definition) is 6. The van der Waals surface area contributed by atoms with Crippen molar-refractivity contribution in [3.8, 4) is 0 Å². The minimum absolute atomic E-state index is 0.0532. The summed E-state index contributed by atoms with van der Waals surface area (Å²) in [6, 6.07) is 9.28. The van der Waals surface area contributed by atoms with Gasteiger partial charge in [-0.15, -0.1) is 11.3 Å². The number of H-pyrrole nitrogens is 1. The predicted octanol–water partition coefficient (Wildman–Crippen LogP) is 3.85. The van der Waals surface area contributed by atoms with Gasteiger partial charge in [0.05, 0.1) is 10.7 Å². The first-order valence-corrected chi connectivity index (χ1v) is 11.5. The molecular weight excluding hydrogens is 412 g/mol. The highest BCUT2D eigenvalue weighted by atomic mass is 32.1. The summed E-state index contributed by atoms with van der Waals surface area (Å²) in [7, 11) is 0. The van der Waals surface area contributed by atoms with E-state index in [9.17, 15) is 9.59 Å². The number of aromatic amines is 1. The average Bonchev–Trinajstić information content (AvgIpc) is 3.22. The predicted molar refractivity (Wildman–Crippen MR) is 123 cm³/mol. The normalized spacial score (nSPS) is 12.3. The van der Waals surface area contributed by atoms with Crippen LogP contribution in [0.3, 0.4) is 0 Å². The van der Waals surface area contributed by atoms with E-state index in [0.29, 0.717) is 6.42 Å². The highest BCUT2D eigenvalue weighted by molar-refractivity contribution is 7.09. The number of carbonyl (C=O) groups is 1. The van der Waals surface area contributed by atoms with E-state index in [1.165, 1.54) is 18.1 Å². The molecule has 1 aliphatic heterocycles. The number of thiazole rings is 1. The molecule has 4 heterocycles. The minimum Gasteiger partial charge on any atom is -0.481 e. The molecule has 3 aromatic heterocycles. The van der Waals surface area contributed by atoms with Gasteiger partial charge in [0.25, 0.3) is 0 Å². The standard InChI is InChI=1S/C18H23N3O2S.C5H5NO/c22-17(23)8-2-6-15-12-24-16(20-15)7-1-5-14-10-9-13-4-3-11-19-18(13)21-14;7-5-3-1-2-4-6-5/h9-10,12H,1-8,11H2,(H,19,21)(H,22,23);1-4H,(H,6,7). The van der Waals surface area contributed by atoms with Crippen LogP contribution in [0, 0.1) is 0 Å². The van der Waals surface area contributed by atoms with E-state index >= 15 is 0 Å². The Balaban J connectivity index is 0.000000330. The molecule has 7 nitrogen and oxygen atoms in total. The summed E-state index contributed by atoms with van der Waals surface area (Å²) in [5.74, 6) is 0.325. The summed E-state index contributed by atoms with van der Waals surface area (Å²) in [6.07, 6.45) is 8.48. The number of aryl methyl sites for hydroxylation is 4. The van der Waals surface area contributed by atoms with Gasteiger partial charge in [-0.3, -0.25) is 9.59 Å². The lowest BCUT2D eigenvalue weighted by molar-refractivity contribution is -0.137. The Morgan fingerprint density at radius 1 is 1.06 bits per heavy atom. The zero-order valence-electron chi connectivity index (χ0n) is 17.5. The van der Waals surface area contributed by atoms with Gasteiger partial charge >= 0.3 is 5.97 Å². The van der Waals surface area contributed by atoms with Crippen LogP contribution >= 0.6 is 11.3 Å². The summed E-state index contributed by atoms with van der Waals surface area (Å²) in [6.45, 7) is 1.02. The van der Waals surface area contributed by atoms with Gasteiger partial charge in [0.2, 0.25) is 5.56 Å². The Labute approximate surface area is 185 Å².